The normalized spacial score (nSPS) is 12.9. The van der Waals surface area contributed by atoms with Crippen molar-refractivity contribution in [3.05, 3.63) is 64.7 Å². The Hall–Kier alpha value is -2.55. The second-order valence-corrected chi connectivity index (χ2v) is 6.55. The zero-order valence-corrected chi connectivity index (χ0v) is 15.8. The van der Waals surface area contributed by atoms with Gasteiger partial charge in [0.05, 0.1) is 17.7 Å². The third-order valence-electron chi connectivity index (χ3n) is 4.02. The van der Waals surface area contributed by atoms with Crippen molar-refractivity contribution >= 4 is 17.5 Å². The van der Waals surface area contributed by atoms with E-state index in [1.807, 2.05) is 49.3 Å². The zero-order valence-electron chi connectivity index (χ0n) is 15.1. The first kappa shape index (κ1) is 19.8. The quantitative estimate of drug-likeness (QED) is 0.810. The van der Waals surface area contributed by atoms with Crippen molar-refractivity contribution in [2.75, 3.05) is 20.6 Å². The Morgan fingerprint density at radius 1 is 1.23 bits per heavy atom. The van der Waals surface area contributed by atoms with Crippen LogP contribution in [-0.4, -0.2) is 37.6 Å². The predicted molar refractivity (Wildman–Crippen MR) is 102 cm³/mol. The van der Waals surface area contributed by atoms with Gasteiger partial charge in [-0.3, -0.25) is 4.79 Å². The number of carbonyl (C=O) groups is 1. The van der Waals surface area contributed by atoms with Crippen LogP contribution in [-0.2, 0) is 4.79 Å². The minimum absolute atomic E-state index is 0.0465. The molecule has 0 heterocycles. The summed E-state index contributed by atoms with van der Waals surface area (Å²) >= 11 is 6.29. The van der Waals surface area contributed by atoms with Crippen molar-refractivity contribution < 1.29 is 9.53 Å². The first-order valence-electron chi connectivity index (χ1n) is 8.27. The van der Waals surface area contributed by atoms with E-state index in [1.54, 1.807) is 31.2 Å². The number of nitrogens with one attached hydrogen (secondary N) is 1. The summed E-state index contributed by atoms with van der Waals surface area (Å²) in [5.41, 5.74) is 1.50. The lowest BCUT2D eigenvalue weighted by Gasteiger charge is -2.26. The molecule has 136 valence electrons. The molecule has 0 saturated carbocycles. The highest BCUT2D eigenvalue weighted by atomic mass is 35.5. The molecule has 1 amide bonds. The van der Waals surface area contributed by atoms with Gasteiger partial charge in [-0.2, -0.15) is 5.26 Å². The zero-order chi connectivity index (χ0) is 19.1. The maximum Gasteiger partial charge on any atom is 0.260 e. The van der Waals surface area contributed by atoms with Gasteiger partial charge in [-0.05, 0) is 56.9 Å². The molecule has 0 bridgehead atoms. The second kappa shape index (κ2) is 9.23. The van der Waals surface area contributed by atoms with Crippen molar-refractivity contribution in [2.24, 2.45) is 0 Å². The molecule has 5 nitrogen and oxygen atoms in total. The molecule has 0 spiro atoms. The molecule has 0 aliphatic rings. The Bertz CT molecular complexity index is 784. The molecule has 0 saturated heterocycles. The average Bonchev–Trinajstić information content (AvgIpc) is 2.63. The van der Waals surface area contributed by atoms with Crippen molar-refractivity contribution in [2.45, 2.75) is 19.1 Å². The van der Waals surface area contributed by atoms with Crippen molar-refractivity contribution in [1.82, 2.24) is 10.2 Å². The number of hydrogen-bond acceptors (Lipinski definition) is 4. The Morgan fingerprint density at radius 2 is 1.88 bits per heavy atom. The molecule has 2 atom stereocenters. The minimum atomic E-state index is -0.656. The van der Waals surface area contributed by atoms with Gasteiger partial charge in [-0.25, -0.2) is 0 Å². The summed E-state index contributed by atoms with van der Waals surface area (Å²) in [6, 6.07) is 16.3. The Morgan fingerprint density at radius 3 is 2.46 bits per heavy atom. The lowest BCUT2D eigenvalue weighted by molar-refractivity contribution is -0.127. The lowest BCUT2D eigenvalue weighted by Crippen LogP contribution is -2.41. The number of carbonyl (C=O) groups excluding carboxylic acids is 1. The van der Waals surface area contributed by atoms with Crippen LogP contribution >= 0.6 is 11.6 Å². The molecule has 1 N–H and O–H groups in total. The number of nitrogens with zero attached hydrogens (tertiary/aromatic N) is 2. The van der Waals surface area contributed by atoms with Crippen LogP contribution < -0.4 is 10.1 Å². The molecule has 2 aromatic carbocycles. The van der Waals surface area contributed by atoms with Gasteiger partial charge >= 0.3 is 0 Å². The van der Waals surface area contributed by atoms with E-state index in [9.17, 15) is 4.79 Å². The first-order valence-corrected chi connectivity index (χ1v) is 8.65. The van der Waals surface area contributed by atoms with Crippen LogP contribution in [0.2, 0.25) is 5.02 Å². The van der Waals surface area contributed by atoms with Crippen LogP contribution in [0.1, 0.15) is 24.1 Å². The fourth-order valence-corrected chi connectivity index (χ4v) is 2.78. The van der Waals surface area contributed by atoms with Crippen LogP contribution in [0, 0.1) is 11.3 Å². The van der Waals surface area contributed by atoms with Crippen LogP contribution in [0.25, 0.3) is 0 Å². The molecule has 6 heteroatoms. The predicted octanol–water partition coefficient (Wildman–Crippen LogP) is 3.40. The van der Waals surface area contributed by atoms with E-state index in [4.69, 9.17) is 21.6 Å². The summed E-state index contributed by atoms with van der Waals surface area (Å²) in [6.07, 6.45) is -0.656. The van der Waals surface area contributed by atoms with Gasteiger partial charge in [0.25, 0.3) is 5.91 Å². The minimum Gasteiger partial charge on any atom is -0.481 e. The maximum absolute atomic E-state index is 12.4. The molecule has 0 radical (unpaired) electrons. The number of ether oxygens (including phenoxy) is 1. The number of rotatable bonds is 7. The van der Waals surface area contributed by atoms with Gasteiger partial charge in [-0.1, -0.05) is 29.8 Å². The molecular weight excluding hydrogens is 350 g/mol. The Kier molecular flexibility index (Phi) is 7.02. The van der Waals surface area contributed by atoms with Gasteiger partial charge in [0, 0.05) is 11.6 Å². The molecule has 0 unspecified atom stereocenters. The topological polar surface area (TPSA) is 65.4 Å². The summed E-state index contributed by atoms with van der Waals surface area (Å²) in [4.78, 5) is 14.4. The first-order chi connectivity index (χ1) is 12.4. The van der Waals surface area contributed by atoms with Crippen molar-refractivity contribution in [3.8, 4) is 11.8 Å². The summed E-state index contributed by atoms with van der Waals surface area (Å²) in [5.74, 6) is 0.329. The summed E-state index contributed by atoms with van der Waals surface area (Å²) < 4.78 is 5.64. The van der Waals surface area contributed by atoms with Crippen LogP contribution in [0.15, 0.2) is 48.5 Å². The molecule has 0 aromatic heterocycles. The Balaban J connectivity index is 1.96. The van der Waals surface area contributed by atoms with Gasteiger partial charge in [0.1, 0.15) is 5.75 Å². The van der Waals surface area contributed by atoms with Crippen LogP contribution in [0.4, 0.5) is 0 Å². The van der Waals surface area contributed by atoms with Gasteiger partial charge in [-0.15, -0.1) is 0 Å². The standard InChI is InChI=1S/C20H22ClN3O2/c1-14(26-16-10-8-15(12-22)9-11-16)20(25)23-13-19(24(2)3)17-6-4-5-7-18(17)21/h4-11,14,19H,13H2,1-3H3,(H,23,25)/t14-,19+/m1/s1. The largest absolute Gasteiger partial charge is 0.481 e. The highest BCUT2D eigenvalue weighted by Gasteiger charge is 2.20. The molecule has 2 rings (SSSR count). The molecule has 0 aliphatic heterocycles. The average molecular weight is 372 g/mol. The summed E-state index contributed by atoms with van der Waals surface area (Å²) in [7, 11) is 3.88. The van der Waals surface area contributed by atoms with Crippen molar-refractivity contribution in [1.29, 1.82) is 5.26 Å². The van der Waals surface area contributed by atoms with Crippen LogP contribution in [0.5, 0.6) is 5.75 Å². The summed E-state index contributed by atoms with van der Waals surface area (Å²) in [6.45, 7) is 2.10. The van der Waals surface area contributed by atoms with E-state index in [0.717, 1.165) is 5.56 Å². The lowest BCUT2D eigenvalue weighted by atomic mass is 10.1. The molecule has 26 heavy (non-hydrogen) atoms. The van der Waals surface area contributed by atoms with Gasteiger partial charge in [0.15, 0.2) is 6.10 Å². The maximum atomic E-state index is 12.4. The highest BCUT2D eigenvalue weighted by Crippen LogP contribution is 2.25. The number of nitriles is 1. The fourth-order valence-electron chi connectivity index (χ4n) is 2.52. The summed E-state index contributed by atoms with van der Waals surface area (Å²) in [5, 5.41) is 12.4. The fraction of sp³-hybridized carbons (Fsp3) is 0.300. The number of hydrogen-bond donors (Lipinski definition) is 1. The monoisotopic (exact) mass is 371 g/mol. The molecular formula is C20H22ClN3O2. The van der Waals surface area contributed by atoms with Gasteiger partial charge in [0.2, 0.25) is 0 Å². The van der Waals surface area contributed by atoms with E-state index in [-0.39, 0.29) is 11.9 Å². The van der Waals surface area contributed by atoms with E-state index in [1.165, 1.54) is 0 Å². The van der Waals surface area contributed by atoms with Crippen molar-refractivity contribution in [3.63, 3.8) is 0 Å². The third kappa shape index (κ3) is 5.22. The number of halogens is 1. The smallest absolute Gasteiger partial charge is 0.260 e. The number of amides is 1. The van der Waals surface area contributed by atoms with Crippen LogP contribution in [0.3, 0.4) is 0 Å². The Labute approximate surface area is 159 Å². The molecule has 2 aromatic rings. The molecule has 0 aliphatic carbocycles. The molecule has 0 fully saturated rings. The van der Waals surface area contributed by atoms with E-state index in [2.05, 4.69) is 5.32 Å². The highest BCUT2D eigenvalue weighted by molar-refractivity contribution is 6.31. The van der Waals surface area contributed by atoms with E-state index in [0.29, 0.717) is 22.9 Å². The number of likely N-dealkylation sites (N-methyl/N-ethyl adjacent to an activating group) is 1. The van der Waals surface area contributed by atoms with E-state index >= 15 is 0 Å². The number of benzene rings is 2. The van der Waals surface area contributed by atoms with Gasteiger partial charge < -0.3 is 15.0 Å². The SMILES string of the molecule is C[C@@H](Oc1ccc(C#N)cc1)C(=O)NC[C@@H](c1ccccc1Cl)N(C)C. The second-order valence-electron chi connectivity index (χ2n) is 6.14. The van der Waals surface area contributed by atoms with E-state index < -0.39 is 6.10 Å². The third-order valence-corrected chi connectivity index (χ3v) is 4.37.